The van der Waals surface area contributed by atoms with E-state index in [9.17, 15) is 16.8 Å². The Morgan fingerprint density at radius 1 is 1.03 bits per heavy atom. The van der Waals surface area contributed by atoms with Gasteiger partial charge in [-0.3, -0.25) is 0 Å². The van der Waals surface area contributed by atoms with Gasteiger partial charge in [0.25, 0.3) is 0 Å². The Hall–Kier alpha value is -2.26. The maximum absolute atomic E-state index is 12.9. The van der Waals surface area contributed by atoms with Crippen molar-refractivity contribution in [2.24, 2.45) is 7.05 Å². The smallest absolute Gasteiger partial charge is 0.242 e. The zero-order valence-corrected chi connectivity index (χ0v) is 21.0. The second-order valence-electron chi connectivity index (χ2n) is 6.98. The third-order valence-corrected chi connectivity index (χ3v) is 8.55. The largest absolute Gasteiger partial charge is 0.362 e. The number of rotatable bonds is 12. The van der Waals surface area contributed by atoms with Crippen LogP contribution in [0.15, 0.2) is 40.5 Å². The average molecular weight is 514 g/mol. The number of sulfonamides is 2. The van der Waals surface area contributed by atoms with E-state index in [0.717, 1.165) is 16.7 Å². The summed E-state index contributed by atoms with van der Waals surface area (Å²) in [6, 6.07) is 6.98. The molecule has 0 fully saturated rings. The number of nitrogens with one attached hydrogen (secondary N) is 3. The van der Waals surface area contributed by atoms with Crippen molar-refractivity contribution in [1.29, 1.82) is 0 Å². The predicted molar refractivity (Wildman–Crippen MR) is 129 cm³/mol. The van der Waals surface area contributed by atoms with Crippen molar-refractivity contribution >= 4 is 48.4 Å². The Bertz CT molecular complexity index is 1320. The quantitative estimate of drug-likeness (QED) is 0.305. The minimum atomic E-state index is -3.98. The van der Waals surface area contributed by atoms with Crippen LogP contribution in [0.4, 0.5) is 5.82 Å². The predicted octanol–water partition coefficient (Wildman–Crippen LogP) is 1.31. The molecule has 3 N–H and O–H groups in total. The zero-order valence-electron chi connectivity index (χ0n) is 18.6. The third kappa shape index (κ3) is 6.20. The third-order valence-electron chi connectivity index (χ3n) is 4.69. The standard InChI is InChI=1S/C19H27N7O4S3/c1-4-22-32(27,28)11-10-23-33(29,30)16-12-20-18(15-9-7-6-8-14(15)16)21-13-17-24-25-19(26(17)3)31-5-2/h6-9,12,22-23H,4-5,10-11,13H2,1-3H3,(H,20,21). The molecule has 0 saturated heterocycles. The number of hydrogen-bond acceptors (Lipinski definition) is 9. The lowest BCUT2D eigenvalue weighted by Crippen LogP contribution is -2.34. The molecule has 1 aromatic carbocycles. The van der Waals surface area contributed by atoms with Crippen LogP contribution in [0.3, 0.4) is 0 Å². The van der Waals surface area contributed by atoms with Crippen molar-refractivity contribution in [1.82, 2.24) is 29.2 Å². The molecule has 0 atom stereocenters. The lowest BCUT2D eigenvalue weighted by Gasteiger charge is -2.13. The van der Waals surface area contributed by atoms with Crippen LogP contribution in [0.1, 0.15) is 19.7 Å². The van der Waals surface area contributed by atoms with Crippen LogP contribution in [-0.4, -0.2) is 61.2 Å². The van der Waals surface area contributed by atoms with E-state index in [1.165, 1.54) is 6.20 Å². The fraction of sp³-hybridized carbons (Fsp3) is 0.421. The highest BCUT2D eigenvalue weighted by molar-refractivity contribution is 7.99. The molecular weight excluding hydrogens is 486 g/mol. The molecule has 33 heavy (non-hydrogen) atoms. The molecule has 3 rings (SSSR count). The molecule has 14 heteroatoms. The van der Waals surface area contributed by atoms with Crippen LogP contribution >= 0.6 is 11.8 Å². The van der Waals surface area contributed by atoms with Gasteiger partial charge in [-0.1, -0.05) is 49.9 Å². The van der Waals surface area contributed by atoms with Crippen LogP contribution in [0.25, 0.3) is 10.8 Å². The highest BCUT2D eigenvalue weighted by atomic mass is 32.2. The van der Waals surface area contributed by atoms with E-state index >= 15 is 0 Å². The first-order valence-corrected chi connectivity index (χ1v) is 14.4. The van der Waals surface area contributed by atoms with E-state index in [2.05, 4.69) is 29.9 Å². The maximum atomic E-state index is 12.9. The molecule has 2 heterocycles. The number of nitrogens with zero attached hydrogens (tertiary/aromatic N) is 4. The summed E-state index contributed by atoms with van der Waals surface area (Å²) in [7, 11) is -5.63. The van der Waals surface area contributed by atoms with Gasteiger partial charge in [-0.25, -0.2) is 31.3 Å². The number of pyridine rings is 1. The summed E-state index contributed by atoms with van der Waals surface area (Å²) in [5.74, 6) is 1.75. The molecule has 0 bridgehead atoms. The second kappa shape index (κ2) is 10.8. The first-order chi connectivity index (χ1) is 15.7. The minimum Gasteiger partial charge on any atom is -0.362 e. The van der Waals surface area contributed by atoms with E-state index < -0.39 is 20.0 Å². The Kier molecular flexibility index (Phi) is 8.28. The number of aromatic nitrogens is 4. The fourth-order valence-corrected chi connectivity index (χ4v) is 6.04. The summed E-state index contributed by atoms with van der Waals surface area (Å²) in [5, 5.41) is 13.5. The van der Waals surface area contributed by atoms with E-state index in [0.29, 0.717) is 23.1 Å². The van der Waals surface area contributed by atoms with E-state index in [1.54, 1.807) is 43.0 Å². The SMILES string of the molecule is CCNS(=O)(=O)CCNS(=O)(=O)c1cnc(NCc2nnc(SCC)n2C)c2ccccc12. The molecule has 0 radical (unpaired) electrons. The zero-order chi connectivity index (χ0) is 24.1. The Morgan fingerprint density at radius 2 is 1.76 bits per heavy atom. The summed E-state index contributed by atoms with van der Waals surface area (Å²) in [6.07, 6.45) is 1.26. The molecule has 180 valence electrons. The van der Waals surface area contributed by atoms with Gasteiger partial charge in [-0.2, -0.15) is 0 Å². The van der Waals surface area contributed by atoms with Crippen LogP contribution in [0, 0.1) is 0 Å². The van der Waals surface area contributed by atoms with Gasteiger partial charge >= 0.3 is 0 Å². The van der Waals surface area contributed by atoms with Gasteiger partial charge in [0.2, 0.25) is 20.0 Å². The molecule has 11 nitrogen and oxygen atoms in total. The summed E-state index contributed by atoms with van der Waals surface area (Å²) < 4.78 is 55.9. The average Bonchev–Trinajstić information content (AvgIpc) is 3.11. The molecule has 0 unspecified atom stereocenters. The number of thioether (sulfide) groups is 1. The van der Waals surface area contributed by atoms with Gasteiger partial charge in [-0.15, -0.1) is 10.2 Å². The van der Waals surface area contributed by atoms with Gasteiger partial charge in [-0.05, 0) is 5.75 Å². The lowest BCUT2D eigenvalue weighted by atomic mass is 10.1. The van der Waals surface area contributed by atoms with E-state index in [4.69, 9.17) is 0 Å². The fourth-order valence-electron chi connectivity index (χ4n) is 3.12. The number of benzene rings is 1. The monoisotopic (exact) mass is 513 g/mol. The number of fused-ring (bicyclic) bond motifs is 1. The summed E-state index contributed by atoms with van der Waals surface area (Å²) in [6.45, 7) is 4.04. The Balaban J connectivity index is 1.81. The molecule has 0 aliphatic rings. The second-order valence-corrected chi connectivity index (χ2v) is 11.9. The number of hydrogen-bond donors (Lipinski definition) is 3. The van der Waals surface area contributed by atoms with Crippen molar-refractivity contribution in [2.45, 2.75) is 30.4 Å². The van der Waals surface area contributed by atoms with Gasteiger partial charge < -0.3 is 9.88 Å². The van der Waals surface area contributed by atoms with Crippen molar-refractivity contribution in [3.63, 3.8) is 0 Å². The molecule has 0 saturated carbocycles. The van der Waals surface area contributed by atoms with Crippen LogP contribution in [-0.2, 0) is 33.6 Å². The molecule has 0 amide bonds. The van der Waals surface area contributed by atoms with Crippen molar-refractivity contribution in [3.8, 4) is 0 Å². The van der Waals surface area contributed by atoms with Gasteiger partial charge in [0.1, 0.15) is 10.7 Å². The summed E-state index contributed by atoms with van der Waals surface area (Å²) in [4.78, 5) is 4.30. The van der Waals surface area contributed by atoms with Gasteiger partial charge in [0.15, 0.2) is 11.0 Å². The van der Waals surface area contributed by atoms with Crippen molar-refractivity contribution in [2.75, 3.05) is 29.9 Å². The Morgan fingerprint density at radius 3 is 2.45 bits per heavy atom. The molecule has 0 aliphatic heterocycles. The minimum absolute atomic E-state index is 0.0233. The van der Waals surface area contributed by atoms with Gasteiger partial charge in [0, 0.05) is 37.1 Å². The maximum Gasteiger partial charge on any atom is 0.242 e. The van der Waals surface area contributed by atoms with Crippen molar-refractivity contribution in [3.05, 3.63) is 36.3 Å². The van der Waals surface area contributed by atoms with Gasteiger partial charge in [0.05, 0.1) is 12.3 Å². The van der Waals surface area contributed by atoms with Crippen LogP contribution in [0.2, 0.25) is 0 Å². The number of anilines is 1. The van der Waals surface area contributed by atoms with Crippen molar-refractivity contribution < 1.29 is 16.8 Å². The molecular formula is C19H27N7O4S3. The summed E-state index contributed by atoms with van der Waals surface area (Å²) in [5.41, 5.74) is 0. The van der Waals surface area contributed by atoms with Crippen LogP contribution in [0.5, 0.6) is 0 Å². The molecule has 3 aromatic rings. The highest BCUT2D eigenvalue weighted by Crippen LogP contribution is 2.27. The topological polar surface area (TPSA) is 148 Å². The summed E-state index contributed by atoms with van der Waals surface area (Å²) >= 11 is 1.59. The lowest BCUT2D eigenvalue weighted by molar-refractivity contribution is 0.577. The normalized spacial score (nSPS) is 12.3. The van der Waals surface area contributed by atoms with E-state index in [-0.39, 0.29) is 23.7 Å². The highest BCUT2D eigenvalue weighted by Gasteiger charge is 2.21. The first kappa shape index (κ1) is 25.4. The Labute approximate surface area is 197 Å². The first-order valence-electron chi connectivity index (χ1n) is 10.3. The van der Waals surface area contributed by atoms with Crippen LogP contribution < -0.4 is 14.8 Å². The molecule has 0 aliphatic carbocycles. The molecule has 2 aromatic heterocycles. The molecule has 0 spiro atoms. The van der Waals surface area contributed by atoms with E-state index in [1.807, 2.05) is 18.5 Å².